The Kier molecular flexibility index (Phi) is 2.71. The minimum Gasteiger partial charge on any atom is -0.306 e. The van der Waals surface area contributed by atoms with Crippen LogP contribution in [-0.4, -0.2) is 9.97 Å². The number of benzene rings is 1. The second kappa shape index (κ2) is 4.04. The second-order valence-corrected chi connectivity index (χ2v) is 3.34. The van der Waals surface area contributed by atoms with Crippen LogP contribution in [0.25, 0.3) is 11.4 Å². The fraction of sp³-hybridized carbons (Fsp3) is 0.0909. The molecule has 2 aromatic rings. The molecule has 17 heavy (non-hydrogen) atoms. The zero-order chi connectivity index (χ0) is 12.5. The molecular weight excluding hydrogens is 233 g/mol. The van der Waals surface area contributed by atoms with Crippen LogP contribution >= 0.6 is 0 Å². The molecule has 0 unspecified atom stereocenters. The van der Waals surface area contributed by atoms with Gasteiger partial charge in [0.1, 0.15) is 11.4 Å². The van der Waals surface area contributed by atoms with Crippen LogP contribution in [0.4, 0.5) is 13.2 Å². The van der Waals surface area contributed by atoms with Crippen molar-refractivity contribution < 1.29 is 13.2 Å². The van der Waals surface area contributed by atoms with E-state index in [4.69, 9.17) is 0 Å². The molecule has 0 aliphatic rings. The highest BCUT2D eigenvalue weighted by molar-refractivity contribution is 5.54. The number of nitrogens with one attached hydrogen (secondary N) is 1. The van der Waals surface area contributed by atoms with E-state index in [9.17, 15) is 18.0 Å². The van der Waals surface area contributed by atoms with Gasteiger partial charge in [0, 0.05) is 11.8 Å². The number of aromatic amines is 1. The van der Waals surface area contributed by atoms with Gasteiger partial charge >= 0.3 is 6.18 Å². The van der Waals surface area contributed by atoms with E-state index >= 15 is 0 Å². The average Bonchev–Trinajstić information content (AvgIpc) is 2.28. The lowest BCUT2D eigenvalue weighted by Gasteiger charge is -2.06. The van der Waals surface area contributed by atoms with Crippen molar-refractivity contribution in [2.75, 3.05) is 0 Å². The zero-order valence-corrected chi connectivity index (χ0v) is 8.45. The Morgan fingerprint density at radius 1 is 1.12 bits per heavy atom. The summed E-state index contributed by atoms with van der Waals surface area (Å²) in [7, 11) is 0. The van der Waals surface area contributed by atoms with E-state index in [1.165, 1.54) is 0 Å². The van der Waals surface area contributed by atoms with Crippen molar-refractivity contribution in [3.05, 3.63) is 52.4 Å². The number of nitrogens with zero attached hydrogens (tertiary/aromatic N) is 1. The van der Waals surface area contributed by atoms with Crippen LogP contribution in [-0.2, 0) is 6.18 Å². The Balaban J connectivity index is 2.49. The summed E-state index contributed by atoms with van der Waals surface area (Å²) in [5, 5.41) is 0. The summed E-state index contributed by atoms with van der Waals surface area (Å²) in [6.07, 6.45) is -4.14. The van der Waals surface area contributed by atoms with E-state index in [1.54, 1.807) is 30.3 Å². The van der Waals surface area contributed by atoms with Gasteiger partial charge in [-0.2, -0.15) is 13.2 Å². The summed E-state index contributed by atoms with van der Waals surface area (Å²) in [6.45, 7) is 0. The fourth-order valence-corrected chi connectivity index (χ4v) is 1.34. The van der Waals surface area contributed by atoms with Crippen molar-refractivity contribution in [3.63, 3.8) is 0 Å². The molecule has 0 saturated carbocycles. The number of hydrogen-bond acceptors (Lipinski definition) is 2. The van der Waals surface area contributed by atoms with Crippen LogP contribution in [0.3, 0.4) is 0 Å². The predicted octanol–water partition coefficient (Wildman–Crippen LogP) is 2.46. The van der Waals surface area contributed by atoms with Gasteiger partial charge in [0.05, 0.1) is 0 Å². The minimum absolute atomic E-state index is 0.114. The van der Waals surface area contributed by atoms with Crippen molar-refractivity contribution in [1.82, 2.24) is 9.97 Å². The van der Waals surface area contributed by atoms with Gasteiger partial charge in [-0.15, -0.1) is 0 Å². The minimum atomic E-state index is -4.68. The number of halogens is 3. The highest BCUT2D eigenvalue weighted by Crippen LogP contribution is 2.26. The van der Waals surface area contributed by atoms with Crippen LogP contribution in [0.2, 0.25) is 0 Å². The van der Waals surface area contributed by atoms with Crippen LogP contribution in [0.15, 0.2) is 41.3 Å². The van der Waals surface area contributed by atoms with Gasteiger partial charge < -0.3 is 4.98 Å². The molecule has 0 atom stereocenters. The summed E-state index contributed by atoms with van der Waals surface area (Å²) in [5.74, 6) is 0.114. The Morgan fingerprint density at radius 2 is 1.76 bits per heavy atom. The van der Waals surface area contributed by atoms with Gasteiger partial charge in [-0.3, -0.25) is 4.79 Å². The first-order valence-corrected chi connectivity index (χ1v) is 4.70. The molecule has 3 nitrogen and oxygen atoms in total. The Bertz CT molecular complexity index is 575. The summed E-state index contributed by atoms with van der Waals surface area (Å²) < 4.78 is 37.0. The molecule has 0 spiro atoms. The Hall–Kier alpha value is -2.11. The number of aromatic nitrogens is 2. The molecule has 6 heteroatoms. The first kappa shape index (κ1) is 11.4. The molecule has 0 radical (unpaired) electrons. The topological polar surface area (TPSA) is 45.8 Å². The molecule has 88 valence electrons. The maximum absolute atomic E-state index is 12.3. The van der Waals surface area contributed by atoms with Crippen molar-refractivity contribution in [3.8, 4) is 11.4 Å². The molecule has 0 saturated heterocycles. The molecular formula is C11H7F3N2O. The number of rotatable bonds is 1. The van der Waals surface area contributed by atoms with Crippen molar-refractivity contribution in [2.24, 2.45) is 0 Å². The Morgan fingerprint density at radius 3 is 2.29 bits per heavy atom. The molecule has 1 aromatic carbocycles. The molecule has 1 heterocycles. The molecule has 1 aromatic heterocycles. The SMILES string of the molecule is O=c1[nH]c(-c2ccccc2)ncc1C(F)(F)F. The number of alkyl halides is 3. The summed E-state index contributed by atoms with van der Waals surface area (Å²) in [4.78, 5) is 17.0. The zero-order valence-electron chi connectivity index (χ0n) is 8.45. The second-order valence-electron chi connectivity index (χ2n) is 3.34. The number of H-pyrrole nitrogens is 1. The Labute approximate surface area is 94.0 Å². The molecule has 0 aliphatic carbocycles. The third kappa shape index (κ3) is 2.35. The smallest absolute Gasteiger partial charge is 0.306 e. The average molecular weight is 240 g/mol. The predicted molar refractivity (Wildman–Crippen MR) is 55.3 cm³/mol. The molecule has 0 aliphatic heterocycles. The van der Waals surface area contributed by atoms with E-state index in [0.717, 1.165) is 0 Å². The van der Waals surface area contributed by atoms with Crippen molar-refractivity contribution >= 4 is 0 Å². The van der Waals surface area contributed by atoms with Crippen LogP contribution in [0.1, 0.15) is 5.56 Å². The maximum atomic E-state index is 12.3. The van der Waals surface area contributed by atoms with Crippen LogP contribution in [0.5, 0.6) is 0 Å². The van der Waals surface area contributed by atoms with Gasteiger partial charge in [-0.25, -0.2) is 4.98 Å². The van der Waals surface area contributed by atoms with Gasteiger partial charge in [0.25, 0.3) is 5.56 Å². The van der Waals surface area contributed by atoms with Gasteiger partial charge in [-0.1, -0.05) is 30.3 Å². The van der Waals surface area contributed by atoms with Crippen LogP contribution < -0.4 is 5.56 Å². The lowest BCUT2D eigenvalue weighted by Crippen LogP contribution is -2.22. The summed E-state index contributed by atoms with van der Waals surface area (Å²) >= 11 is 0. The molecule has 0 bridgehead atoms. The number of hydrogen-bond donors (Lipinski definition) is 1. The molecule has 0 amide bonds. The lowest BCUT2D eigenvalue weighted by molar-refractivity contribution is -0.138. The van der Waals surface area contributed by atoms with Crippen LogP contribution in [0, 0.1) is 0 Å². The van der Waals surface area contributed by atoms with E-state index < -0.39 is 17.3 Å². The summed E-state index contributed by atoms with van der Waals surface area (Å²) in [5.41, 5.74) is -1.93. The highest BCUT2D eigenvalue weighted by atomic mass is 19.4. The normalized spacial score (nSPS) is 11.5. The lowest BCUT2D eigenvalue weighted by atomic mass is 10.2. The highest BCUT2D eigenvalue weighted by Gasteiger charge is 2.34. The monoisotopic (exact) mass is 240 g/mol. The largest absolute Gasteiger partial charge is 0.423 e. The van der Waals surface area contributed by atoms with Crippen molar-refractivity contribution in [2.45, 2.75) is 6.18 Å². The fourth-order valence-electron chi connectivity index (χ4n) is 1.34. The van der Waals surface area contributed by atoms with E-state index in [0.29, 0.717) is 11.8 Å². The third-order valence-electron chi connectivity index (χ3n) is 2.15. The molecule has 2 rings (SSSR count). The quantitative estimate of drug-likeness (QED) is 0.832. The van der Waals surface area contributed by atoms with Gasteiger partial charge in [0.2, 0.25) is 0 Å². The van der Waals surface area contributed by atoms with Gasteiger partial charge in [0.15, 0.2) is 0 Å². The molecule has 0 fully saturated rings. The summed E-state index contributed by atoms with van der Waals surface area (Å²) in [6, 6.07) is 8.45. The first-order valence-electron chi connectivity index (χ1n) is 4.70. The maximum Gasteiger partial charge on any atom is 0.423 e. The van der Waals surface area contributed by atoms with E-state index in [-0.39, 0.29) is 5.82 Å². The standard InChI is InChI=1S/C11H7F3N2O/c12-11(13,14)8-6-15-9(16-10(8)17)7-4-2-1-3-5-7/h1-6H,(H,15,16,17). The van der Waals surface area contributed by atoms with E-state index in [2.05, 4.69) is 9.97 Å². The first-order chi connectivity index (χ1) is 7.98. The van der Waals surface area contributed by atoms with Crippen molar-refractivity contribution in [1.29, 1.82) is 0 Å². The molecule has 1 N–H and O–H groups in total. The van der Waals surface area contributed by atoms with E-state index in [1.807, 2.05) is 0 Å². The van der Waals surface area contributed by atoms with Gasteiger partial charge in [-0.05, 0) is 0 Å². The third-order valence-corrected chi connectivity index (χ3v) is 2.15.